The summed E-state index contributed by atoms with van der Waals surface area (Å²) in [7, 11) is 0. The number of fused-ring (bicyclic) bond motifs is 9. The lowest BCUT2D eigenvalue weighted by Crippen LogP contribution is -1.83. The van der Waals surface area contributed by atoms with Gasteiger partial charge in [-0.25, -0.2) is 0 Å². The van der Waals surface area contributed by atoms with Gasteiger partial charge in [0.1, 0.15) is 0 Å². The smallest absolute Gasteiger partial charge is 0.0629 e. The minimum absolute atomic E-state index is 0.0284. The lowest BCUT2D eigenvalue weighted by Gasteiger charge is -2.10. The Balaban J connectivity index is 1.23. The first-order chi connectivity index (χ1) is 22.0. The Kier molecular flexibility index (Phi) is 4.09. The second kappa shape index (κ2) is 8.76. The average Bonchev–Trinajstić information content (AvgIpc) is 3.45. The average molecular weight is 541 g/mol. The van der Waals surface area contributed by atoms with Crippen LogP contribution in [-0.4, -0.2) is 0 Å². The van der Waals surface area contributed by atoms with Crippen LogP contribution in [0.1, 0.15) is 5.48 Å². The lowest BCUT2D eigenvalue weighted by atomic mass is 9.94. The molecule has 8 aromatic carbocycles. The molecule has 9 aromatic rings. The summed E-state index contributed by atoms with van der Waals surface area (Å²) in [5.41, 5.74) is 2.02. The van der Waals surface area contributed by atoms with E-state index in [0.717, 1.165) is 42.4 Å². The minimum atomic E-state index is -0.0303. The maximum absolute atomic E-state index is 9.10. The van der Waals surface area contributed by atoms with Crippen LogP contribution in [0.2, 0.25) is 0 Å². The van der Waals surface area contributed by atoms with Crippen LogP contribution >= 0.6 is 11.3 Å². The normalized spacial score (nSPS) is 13.3. The molecule has 0 unspecified atom stereocenters. The third-order valence-corrected chi connectivity index (χ3v) is 9.49. The van der Waals surface area contributed by atoms with Gasteiger partial charge >= 0.3 is 0 Å². The van der Waals surface area contributed by atoms with Crippen molar-refractivity contribution in [3.05, 3.63) is 145 Å². The van der Waals surface area contributed by atoms with E-state index in [1.54, 1.807) is 11.3 Å². The van der Waals surface area contributed by atoms with E-state index in [9.17, 15) is 0 Å². The van der Waals surface area contributed by atoms with E-state index in [1.165, 1.54) is 20.9 Å². The van der Waals surface area contributed by atoms with Crippen LogP contribution in [-0.2, 0) is 0 Å². The fourth-order valence-electron chi connectivity index (χ4n) is 6.16. The second-order valence-corrected chi connectivity index (χ2v) is 11.7. The van der Waals surface area contributed by atoms with Crippen molar-refractivity contribution in [2.75, 3.05) is 0 Å². The maximum atomic E-state index is 9.10. The van der Waals surface area contributed by atoms with Crippen molar-refractivity contribution in [1.82, 2.24) is 0 Å². The zero-order valence-corrected chi connectivity index (χ0v) is 22.8. The summed E-state index contributed by atoms with van der Waals surface area (Å²) < 4.78 is 38.8. The molecule has 1 aromatic heterocycles. The number of rotatable bonds is 2. The maximum Gasteiger partial charge on any atom is 0.0629 e. The summed E-state index contributed by atoms with van der Waals surface area (Å²) in [6, 6.07) is 41.4. The predicted octanol–water partition coefficient (Wildman–Crippen LogP) is 12.0. The van der Waals surface area contributed by atoms with Crippen molar-refractivity contribution in [2.45, 2.75) is 0 Å². The molecule has 0 radical (unpaired) electrons. The van der Waals surface area contributed by atoms with Crippen molar-refractivity contribution in [3.63, 3.8) is 0 Å². The fraction of sp³-hybridized carbons (Fsp3) is 0. The summed E-state index contributed by atoms with van der Waals surface area (Å²) >= 11 is 1.74. The zero-order valence-electron chi connectivity index (χ0n) is 26.0. The van der Waals surface area contributed by atoms with Crippen LogP contribution in [0.4, 0.5) is 0 Å². The topological polar surface area (TPSA) is 0 Å². The van der Waals surface area contributed by atoms with Gasteiger partial charge in [0, 0.05) is 20.2 Å². The van der Waals surface area contributed by atoms with Crippen LogP contribution in [0.5, 0.6) is 0 Å². The SMILES string of the molecule is [2H]c1c([2H])c(-c2ccc3sc4c5ccccc5ccc4c3c2)c([2H])c([2H])c1-c1ccc2ccc3cc4ccccc4cc3c2c1. The Labute approximate surface area is 247 Å². The van der Waals surface area contributed by atoms with Crippen molar-refractivity contribution < 1.29 is 5.48 Å². The molecule has 0 amide bonds. The first kappa shape index (κ1) is 19.2. The third-order valence-electron chi connectivity index (χ3n) is 8.27. The molecule has 0 bridgehead atoms. The summed E-state index contributed by atoms with van der Waals surface area (Å²) in [4.78, 5) is 0. The Morgan fingerprint density at radius 2 is 0.927 bits per heavy atom. The largest absolute Gasteiger partial charge is 0.135 e. The van der Waals surface area contributed by atoms with E-state index < -0.39 is 0 Å². The first-order valence-electron chi connectivity index (χ1n) is 15.8. The molecule has 0 N–H and O–H groups in total. The van der Waals surface area contributed by atoms with Gasteiger partial charge in [-0.05, 0) is 95.7 Å². The molecular formula is C40H24S. The molecular weight excluding hydrogens is 513 g/mol. The summed E-state index contributed by atoms with van der Waals surface area (Å²) in [6.45, 7) is 0. The molecule has 0 aliphatic rings. The van der Waals surface area contributed by atoms with E-state index in [2.05, 4.69) is 66.7 Å². The number of hydrogen-bond acceptors (Lipinski definition) is 1. The van der Waals surface area contributed by atoms with Gasteiger partial charge in [-0.1, -0.05) is 115 Å². The van der Waals surface area contributed by atoms with Crippen LogP contribution < -0.4 is 0 Å². The molecule has 0 saturated heterocycles. The Morgan fingerprint density at radius 1 is 0.366 bits per heavy atom. The molecule has 190 valence electrons. The van der Waals surface area contributed by atoms with Crippen molar-refractivity contribution in [2.24, 2.45) is 0 Å². The molecule has 41 heavy (non-hydrogen) atoms. The molecule has 9 rings (SSSR count). The monoisotopic (exact) mass is 540 g/mol. The summed E-state index contributed by atoms with van der Waals surface area (Å²) in [5, 5.41) is 11.3. The highest BCUT2D eigenvalue weighted by molar-refractivity contribution is 7.26. The summed E-state index contributed by atoms with van der Waals surface area (Å²) in [5.74, 6) is 0. The third kappa shape index (κ3) is 3.60. The quantitative estimate of drug-likeness (QED) is 0.151. The van der Waals surface area contributed by atoms with E-state index in [4.69, 9.17) is 5.48 Å². The molecule has 0 nitrogen and oxygen atoms in total. The van der Waals surface area contributed by atoms with E-state index in [-0.39, 0.29) is 24.2 Å². The number of thiophene rings is 1. The fourth-order valence-corrected chi connectivity index (χ4v) is 7.38. The van der Waals surface area contributed by atoms with E-state index in [0.29, 0.717) is 22.3 Å². The zero-order chi connectivity index (χ0) is 30.4. The molecule has 0 aliphatic heterocycles. The molecule has 0 saturated carbocycles. The van der Waals surface area contributed by atoms with Gasteiger partial charge in [0.05, 0.1) is 5.48 Å². The highest BCUT2D eigenvalue weighted by Crippen LogP contribution is 2.40. The molecule has 0 spiro atoms. The highest BCUT2D eigenvalue weighted by atomic mass is 32.1. The van der Waals surface area contributed by atoms with Crippen LogP contribution in [0, 0.1) is 0 Å². The molecule has 1 heteroatoms. The van der Waals surface area contributed by atoms with Gasteiger partial charge in [-0.3, -0.25) is 0 Å². The first-order valence-corrected chi connectivity index (χ1v) is 14.6. The van der Waals surface area contributed by atoms with Gasteiger partial charge in [0.15, 0.2) is 0 Å². The highest BCUT2D eigenvalue weighted by Gasteiger charge is 2.11. The lowest BCUT2D eigenvalue weighted by molar-refractivity contribution is 1.62. The van der Waals surface area contributed by atoms with Crippen molar-refractivity contribution in [1.29, 1.82) is 0 Å². The van der Waals surface area contributed by atoms with Crippen molar-refractivity contribution >= 4 is 74.6 Å². The van der Waals surface area contributed by atoms with Crippen LogP contribution in [0.15, 0.2) is 145 Å². The number of hydrogen-bond donors (Lipinski definition) is 0. The second-order valence-electron chi connectivity index (χ2n) is 10.6. The van der Waals surface area contributed by atoms with Gasteiger partial charge < -0.3 is 0 Å². The summed E-state index contributed by atoms with van der Waals surface area (Å²) in [6.07, 6.45) is 0. The minimum Gasteiger partial charge on any atom is -0.135 e. The standard InChI is InChI=1S/C40H24S/c1-2-7-30-22-37-33(21-29(30)6-1)16-14-28-13-15-31(23-36(28)37)25-9-11-26(12-10-25)32-18-20-39-38(24-32)35-19-17-27-5-3-4-8-34(27)40(35)41-39/h1-24H/i9D,10D,11D,12D. The van der Waals surface area contributed by atoms with Crippen molar-refractivity contribution in [3.8, 4) is 22.3 Å². The Bertz CT molecular complexity index is 2680. The molecule has 1 heterocycles. The molecule has 0 fully saturated rings. The van der Waals surface area contributed by atoms with Gasteiger partial charge in [0.25, 0.3) is 0 Å². The molecule has 0 atom stereocenters. The number of benzene rings is 8. The van der Waals surface area contributed by atoms with E-state index >= 15 is 0 Å². The Hall–Kier alpha value is -4.98. The van der Waals surface area contributed by atoms with Gasteiger partial charge in [-0.15, -0.1) is 11.3 Å². The predicted molar refractivity (Wildman–Crippen MR) is 180 cm³/mol. The van der Waals surface area contributed by atoms with Crippen LogP contribution in [0.3, 0.4) is 0 Å². The Morgan fingerprint density at radius 3 is 1.73 bits per heavy atom. The van der Waals surface area contributed by atoms with Crippen LogP contribution in [0.25, 0.3) is 85.5 Å². The van der Waals surface area contributed by atoms with Gasteiger partial charge in [0.2, 0.25) is 0 Å². The van der Waals surface area contributed by atoms with E-state index in [1.807, 2.05) is 54.6 Å². The van der Waals surface area contributed by atoms with Gasteiger partial charge in [-0.2, -0.15) is 0 Å². The molecule has 0 aliphatic carbocycles.